The molecular weight excluding hydrogens is 989 g/mol. The largest absolute Gasteiger partial charge is 0.462 e. The molecule has 4 fully saturated rings. The fraction of sp³-hybridized carbons (Fsp3) is 0.814. The summed E-state index contributed by atoms with van der Waals surface area (Å²) < 4.78 is 80.4. The number of methoxy groups -OCH3 is 2. The summed E-state index contributed by atoms with van der Waals surface area (Å²) in [5, 5.41) is 13.2. The molecule has 1 spiro atoms. The number of carbonyl (C=O) groups excluding carboxylic acids is 1. The van der Waals surface area contributed by atoms with E-state index in [-0.39, 0.29) is 71.1 Å². The lowest BCUT2D eigenvalue weighted by atomic mass is 9.71. The lowest BCUT2D eigenvalue weighted by molar-refractivity contribution is -0.317. The maximum Gasteiger partial charge on any atom is 0.316 e. The summed E-state index contributed by atoms with van der Waals surface area (Å²) in [6.45, 7) is 39.0. The van der Waals surface area contributed by atoms with Gasteiger partial charge >= 0.3 is 5.97 Å². The molecule has 0 saturated carbocycles. The van der Waals surface area contributed by atoms with E-state index in [4.69, 9.17) is 56.2 Å². The molecule has 19 atom stereocenters. The van der Waals surface area contributed by atoms with E-state index < -0.39 is 89.1 Å². The van der Waals surface area contributed by atoms with Gasteiger partial charge in [0.2, 0.25) is 0 Å². The molecule has 6 heterocycles. The number of rotatable bonds is 11. The molecule has 0 aromatic rings. The van der Waals surface area contributed by atoms with Crippen LogP contribution in [-0.4, -0.2) is 146 Å². The van der Waals surface area contributed by atoms with E-state index in [1.807, 2.05) is 45.1 Å². The van der Waals surface area contributed by atoms with E-state index >= 15 is 0 Å². The van der Waals surface area contributed by atoms with E-state index in [9.17, 15) is 9.90 Å². The van der Waals surface area contributed by atoms with Crippen LogP contribution < -0.4 is 0 Å². The second-order valence-corrected chi connectivity index (χ2v) is 36.0. The summed E-state index contributed by atoms with van der Waals surface area (Å²) in [6, 6.07) is 0. The molecule has 4 saturated heterocycles. The third-order valence-corrected chi connectivity index (χ3v) is 27.3. The van der Waals surface area contributed by atoms with Crippen molar-refractivity contribution in [2.75, 3.05) is 20.8 Å². The number of allylic oxidation sites excluding steroid dienone is 2. The van der Waals surface area contributed by atoms with Gasteiger partial charge < -0.3 is 61.3 Å². The minimum absolute atomic E-state index is 0.0371. The molecule has 14 nitrogen and oxygen atoms in total. The van der Waals surface area contributed by atoms with Gasteiger partial charge in [-0.2, -0.15) is 0 Å². The SMILES string of the molecule is CO[C@H]1C[C@H](O[C@@H]2/C(C)=C/C[C@@H]3C[C@@H](C[C@]4(C=C[C@H](C)[C@@H](C(C)C)O4)O3)OC(=O)[C@@H]3C=C(C)[C@@H](O[Si](C)(C)C(C)(C)C)[C@H]4OC/C(=C\C=C\[C@@H]2C)[C@]43O)O[C@@H](C)[C@@H]1O[C@@H]1C[C@@H](OC)[C@H](O[Si](C)(C)C(C)(C)C)[C@@H](C)O1. The Morgan fingerprint density at radius 1 is 0.747 bits per heavy atom. The predicted octanol–water partition coefficient (Wildman–Crippen LogP) is 11.0. The molecule has 0 amide bonds. The van der Waals surface area contributed by atoms with Crippen molar-refractivity contribution in [1.29, 1.82) is 0 Å². The van der Waals surface area contributed by atoms with E-state index in [1.165, 1.54) is 0 Å². The van der Waals surface area contributed by atoms with Crippen LogP contribution in [0.15, 0.2) is 59.3 Å². The van der Waals surface area contributed by atoms with Crippen LogP contribution in [0.2, 0.25) is 36.3 Å². The topological polar surface area (TPSA) is 148 Å². The van der Waals surface area contributed by atoms with Crippen molar-refractivity contribution in [2.24, 2.45) is 23.7 Å². The fourth-order valence-electron chi connectivity index (χ4n) is 11.7. The van der Waals surface area contributed by atoms with Gasteiger partial charge in [0.05, 0.1) is 61.5 Å². The van der Waals surface area contributed by atoms with E-state index in [0.717, 1.165) is 11.1 Å². The fourth-order valence-corrected chi connectivity index (χ4v) is 14.4. The number of carbonyl (C=O) groups is 1. The smallest absolute Gasteiger partial charge is 0.316 e. The predicted molar refractivity (Wildman–Crippen MR) is 295 cm³/mol. The third-order valence-electron chi connectivity index (χ3n) is 18.4. The molecular formula is C59H98O14Si2. The van der Waals surface area contributed by atoms with Crippen LogP contribution in [-0.2, 0) is 61.0 Å². The molecule has 0 radical (unpaired) electrons. The van der Waals surface area contributed by atoms with Gasteiger partial charge in [0.15, 0.2) is 35.0 Å². The summed E-state index contributed by atoms with van der Waals surface area (Å²) in [6.07, 6.45) is 10.4. The molecule has 0 aromatic carbocycles. The molecule has 1 aliphatic carbocycles. The molecule has 6 aliphatic heterocycles. The van der Waals surface area contributed by atoms with E-state index in [0.29, 0.717) is 37.7 Å². The minimum atomic E-state index is -2.38. The maximum absolute atomic E-state index is 14.9. The monoisotopic (exact) mass is 1090 g/mol. The molecule has 0 aromatic heterocycles. The zero-order chi connectivity index (χ0) is 55.4. The Hall–Kier alpha value is -1.88. The van der Waals surface area contributed by atoms with Crippen molar-refractivity contribution in [1.82, 2.24) is 0 Å². The average Bonchev–Trinajstić information content (AvgIpc) is 3.65. The van der Waals surface area contributed by atoms with Crippen LogP contribution in [0, 0.1) is 23.7 Å². The Morgan fingerprint density at radius 2 is 1.35 bits per heavy atom. The molecule has 7 aliphatic rings. The lowest BCUT2D eigenvalue weighted by Gasteiger charge is -2.49. The van der Waals surface area contributed by atoms with E-state index in [2.05, 4.69) is 121 Å². The van der Waals surface area contributed by atoms with Gasteiger partial charge in [-0.25, -0.2) is 0 Å². The van der Waals surface area contributed by atoms with Crippen LogP contribution in [0.3, 0.4) is 0 Å². The number of hydrogen-bond acceptors (Lipinski definition) is 14. The Kier molecular flexibility index (Phi) is 18.9. The van der Waals surface area contributed by atoms with Crippen LogP contribution in [0.4, 0.5) is 0 Å². The van der Waals surface area contributed by atoms with Gasteiger partial charge in [-0.3, -0.25) is 4.79 Å². The zero-order valence-corrected chi connectivity index (χ0v) is 51.4. The zero-order valence-electron chi connectivity index (χ0n) is 49.4. The van der Waals surface area contributed by atoms with Crippen molar-refractivity contribution in [3.05, 3.63) is 59.3 Å². The van der Waals surface area contributed by atoms with Crippen molar-refractivity contribution in [3.63, 3.8) is 0 Å². The molecule has 1 N–H and O–H groups in total. The quantitative estimate of drug-likeness (QED) is 0.119. The first-order valence-electron chi connectivity index (χ1n) is 28.2. The van der Waals surface area contributed by atoms with Crippen molar-refractivity contribution in [3.8, 4) is 0 Å². The van der Waals surface area contributed by atoms with Gasteiger partial charge in [-0.1, -0.05) is 106 Å². The molecule has 2 bridgehead atoms. The standard InChI is InChI=1S/C59H98O14Si2/c1-34(2)49-37(5)26-27-58(71-49)32-43-29-42(70-58)25-24-36(4)50(35(3)22-21-23-41-33-64-54-51(72-74(17,18)56(9,10)11)38(6)28-44(55(60)67-43)59(41,54)61)68-47-30-45(62-15)52(39(7)65-47)69-48-31-46(63-16)53(40(8)66-48)73-75(19,20)57(12,13)14/h21-24,26-28,34-35,37,39-40,42-54,61H,25,29-33H2,1-20H3/b22-21+,36-24+,41-23+/t35-,37-,39-,40+,42+,43-,44-,45-,46+,47-,48+,49+,50-,51+,52-,53+,54+,58+,59+/m0/s1. The summed E-state index contributed by atoms with van der Waals surface area (Å²) in [5.74, 6) is -2.44. The average molecular weight is 1090 g/mol. The number of aliphatic hydroxyl groups is 1. The highest BCUT2D eigenvalue weighted by atomic mass is 28.4. The number of esters is 1. The minimum Gasteiger partial charge on any atom is -0.462 e. The summed E-state index contributed by atoms with van der Waals surface area (Å²) in [4.78, 5) is 14.9. The van der Waals surface area contributed by atoms with Crippen molar-refractivity contribution in [2.45, 2.75) is 263 Å². The van der Waals surface area contributed by atoms with Gasteiger partial charge in [0.25, 0.3) is 0 Å². The first-order valence-corrected chi connectivity index (χ1v) is 34.0. The van der Waals surface area contributed by atoms with Gasteiger partial charge in [0.1, 0.15) is 29.8 Å². The third kappa shape index (κ3) is 13.0. The maximum atomic E-state index is 14.9. The van der Waals surface area contributed by atoms with Gasteiger partial charge in [-0.15, -0.1) is 0 Å². The summed E-state index contributed by atoms with van der Waals surface area (Å²) in [7, 11) is -1.06. The first-order chi connectivity index (χ1) is 34.8. The number of ether oxygens (including phenoxy) is 10. The Labute approximate surface area is 453 Å². The number of fused-ring (bicyclic) bond motifs is 2. The Bertz CT molecular complexity index is 2140. The molecule has 75 heavy (non-hydrogen) atoms. The number of hydrogen-bond donors (Lipinski definition) is 1. The van der Waals surface area contributed by atoms with E-state index in [1.54, 1.807) is 14.2 Å². The highest BCUT2D eigenvalue weighted by Crippen LogP contribution is 2.50. The first kappa shape index (κ1) is 60.8. The molecule has 0 unspecified atom stereocenters. The highest BCUT2D eigenvalue weighted by Gasteiger charge is 2.62. The van der Waals surface area contributed by atoms with Crippen LogP contribution in [0.25, 0.3) is 0 Å². The van der Waals surface area contributed by atoms with Crippen LogP contribution in [0.5, 0.6) is 0 Å². The van der Waals surface area contributed by atoms with Crippen LogP contribution in [0.1, 0.15) is 129 Å². The summed E-state index contributed by atoms with van der Waals surface area (Å²) in [5.41, 5.74) is 0.677. The summed E-state index contributed by atoms with van der Waals surface area (Å²) >= 11 is 0. The Morgan fingerprint density at radius 3 is 1.96 bits per heavy atom. The van der Waals surface area contributed by atoms with Crippen LogP contribution >= 0.6 is 0 Å². The van der Waals surface area contributed by atoms with Gasteiger partial charge in [0, 0.05) is 51.7 Å². The normalized spacial score (nSPS) is 43.3. The van der Waals surface area contributed by atoms with Crippen molar-refractivity contribution >= 4 is 22.6 Å². The lowest BCUT2D eigenvalue weighted by Crippen LogP contribution is -2.60. The van der Waals surface area contributed by atoms with Gasteiger partial charge in [-0.05, 0) is 99.1 Å². The molecule has 7 rings (SSSR count). The second-order valence-electron chi connectivity index (χ2n) is 26.5. The molecule has 16 heteroatoms. The molecule has 426 valence electrons. The van der Waals surface area contributed by atoms with Crippen molar-refractivity contribution < 1.29 is 66.1 Å². The highest BCUT2D eigenvalue weighted by molar-refractivity contribution is 6.74. The Balaban J connectivity index is 1.18. The second kappa shape index (κ2) is 23.3.